The van der Waals surface area contributed by atoms with Crippen molar-refractivity contribution >= 4 is 54.8 Å². The second kappa shape index (κ2) is 7.50. The summed E-state index contributed by atoms with van der Waals surface area (Å²) >= 11 is 3.42. The first-order valence-corrected chi connectivity index (χ1v) is 10.7. The molecule has 0 spiro atoms. The van der Waals surface area contributed by atoms with Crippen molar-refractivity contribution in [2.45, 2.75) is 0 Å². The second-order valence-corrected chi connectivity index (χ2v) is 8.38. The lowest BCUT2D eigenvalue weighted by atomic mass is 10.2. The summed E-state index contributed by atoms with van der Waals surface area (Å²) in [7, 11) is 0. The van der Waals surface area contributed by atoms with Crippen molar-refractivity contribution in [3.8, 4) is 0 Å². The van der Waals surface area contributed by atoms with E-state index in [-0.39, 0.29) is 0 Å². The minimum Gasteiger partial charge on any atom is -0.236 e. The molecule has 0 atom stereocenters. The molecule has 5 rings (SSSR count). The zero-order chi connectivity index (χ0) is 18.8. The van der Waals surface area contributed by atoms with Crippen molar-refractivity contribution in [1.82, 2.24) is 9.97 Å². The van der Waals surface area contributed by atoms with E-state index in [2.05, 4.69) is 66.8 Å². The van der Waals surface area contributed by atoms with Gasteiger partial charge in [-0.25, -0.2) is 9.97 Å². The Balaban J connectivity index is 1.62. The molecular formula is C24H16N2S2. The highest BCUT2D eigenvalue weighted by Crippen LogP contribution is 2.35. The highest BCUT2D eigenvalue weighted by atomic mass is 32.1. The Morgan fingerprint density at radius 1 is 0.643 bits per heavy atom. The third-order valence-electron chi connectivity index (χ3n) is 4.40. The summed E-state index contributed by atoms with van der Waals surface area (Å²) < 4.78 is 2.38. The molecule has 0 aliphatic heterocycles. The normalized spacial score (nSPS) is 11.4. The van der Waals surface area contributed by atoms with Crippen molar-refractivity contribution in [3.05, 3.63) is 107 Å². The minimum atomic E-state index is 0.998. The van der Waals surface area contributed by atoms with E-state index in [0.29, 0.717) is 0 Å². The van der Waals surface area contributed by atoms with E-state index in [1.807, 2.05) is 30.3 Å². The van der Waals surface area contributed by atoms with Crippen molar-refractivity contribution < 1.29 is 0 Å². The van der Waals surface area contributed by atoms with Crippen LogP contribution in [0.25, 0.3) is 32.1 Å². The SMILES string of the molecule is C(=Cc1ccccc1)C=C(c1nc2ccccc2s1)c1nc2ccccc2s1. The summed E-state index contributed by atoms with van der Waals surface area (Å²) in [6, 6.07) is 26.8. The Kier molecular flexibility index (Phi) is 4.57. The summed E-state index contributed by atoms with van der Waals surface area (Å²) in [4.78, 5) is 9.74. The van der Waals surface area contributed by atoms with E-state index in [4.69, 9.17) is 9.97 Å². The number of allylic oxidation sites excluding steroid dienone is 2. The van der Waals surface area contributed by atoms with E-state index in [9.17, 15) is 0 Å². The molecule has 0 radical (unpaired) electrons. The zero-order valence-electron chi connectivity index (χ0n) is 14.9. The second-order valence-electron chi connectivity index (χ2n) is 6.32. The first-order valence-electron chi connectivity index (χ1n) is 9.02. The van der Waals surface area contributed by atoms with Gasteiger partial charge in [0.05, 0.1) is 20.4 Å². The van der Waals surface area contributed by atoms with Crippen molar-refractivity contribution in [1.29, 1.82) is 0 Å². The number of rotatable bonds is 4. The van der Waals surface area contributed by atoms with Gasteiger partial charge < -0.3 is 0 Å². The summed E-state index contributed by atoms with van der Waals surface area (Å²) in [5.74, 6) is 0. The van der Waals surface area contributed by atoms with Crippen molar-refractivity contribution in [2.75, 3.05) is 0 Å². The Morgan fingerprint density at radius 2 is 1.18 bits per heavy atom. The van der Waals surface area contributed by atoms with E-state index in [0.717, 1.165) is 26.6 Å². The quantitative estimate of drug-likeness (QED) is 0.304. The smallest absolute Gasteiger partial charge is 0.127 e. The van der Waals surface area contributed by atoms with Crippen LogP contribution in [0.4, 0.5) is 0 Å². The van der Waals surface area contributed by atoms with E-state index in [1.165, 1.54) is 15.0 Å². The van der Waals surface area contributed by atoms with Gasteiger partial charge in [-0.2, -0.15) is 0 Å². The molecule has 0 aliphatic carbocycles. The summed E-state index contributed by atoms with van der Waals surface area (Å²) in [6.07, 6.45) is 6.33. The van der Waals surface area contributed by atoms with E-state index in [1.54, 1.807) is 22.7 Å². The molecule has 2 aromatic heterocycles. The largest absolute Gasteiger partial charge is 0.236 e. The number of benzene rings is 3. The maximum absolute atomic E-state index is 4.87. The van der Waals surface area contributed by atoms with Crippen LogP contribution in [-0.4, -0.2) is 9.97 Å². The fraction of sp³-hybridized carbons (Fsp3) is 0. The lowest BCUT2D eigenvalue weighted by Crippen LogP contribution is -1.85. The van der Waals surface area contributed by atoms with Crippen LogP contribution in [0.1, 0.15) is 15.6 Å². The Morgan fingerprint density at radius 3 is 1.75 bits per heavy atom. The van der Waals surface area contributed by atoms with Crippen LogP contribution in [0.5, 0.6) is 0 Å². The average molecular weight is 397 g/mol. The first kappa shape index (κ1) is 17.0. The molecule has 0 unspecified atom stereocenters. The summed E-state index contributed by atoms with van der Waals surface area (Å²) in [5, 5.41) is 2.00. The van der Waals surface area contributed by atoms with Crippen molar-refractivity contribution in [3.63, 3.8) is 0 Å². The van der Waals surface area contributed by atoms with Gasteiger partial charge >= 0.3 is 0 Å². The molecule has 0 N–H and O–H groups in total. The van der Waals surface area contributed by atoms with Gasteiger partial charge in [0.25, 0.3) is 0 Å². The van der Waals surface area contributed by atoms with Gasteiger partial charge in [-0.05, 0) is 35.9 Å². The maximum Gasteiger partial charge on any atom is 0.127 e. The Hall–Kier alpha value is -3.08. The highest BCUT2D eigenvalue weighted by Gasteiger charge is 2.14. The fourth-order valence-corrected chi connectivity index (χ4v) is 5.08. The molecule has 0 fully saturated rings. The summed E-state index contributed by atoms with van der Waals surface area (Å²) in [5.41, 5.74) is 4.30. The average Bonchev–Trinajstić information content (AvgIpc) is 3.36. The third-order valence-corrected chi connectivity index (χ3v) is 6.54. The molecule has 28 heavy (non-hydrogen) atoms. The van der Waals surface area contributed by atoms with Crippen LogP contribution >= 0.6 is 22.7 Å². The molecule has 5 aromatic rings. The molecule has 0 saturated heterocycles. The molecular weight excluding hydrogens is 380 g/mol. The van der Waals surface area contributed by atoms with Gasteiger partial charge in [-0.1, -0.05) is 66.7 Å². The molecule has 0 amide bonds. The Bertz CT molecular complexity index is 1170. The van der Waals surface area contributed by atoms with Gasteiger partial charge in [-0.15, -0.1) is 22.7 Å². The van der Waals surface area contributed by atoms with Gasteiger partial charge in [0.15, 0.2) is 0 Å². The number of nitrogens with zero attached hydrogens (tertiary/aromatic N) is 2. The molecule has 0 bridgehead atoms. The Labute approximate surface area is 171 Å². The zero-order valence-corrected chi connectivity index (χ0v) is 16.6. The monoisotopic (exact) mass is 396 g/mol. The van der Waals surface area contributed by atoms with E-state index < -0.39 is 0 Å². The van der Waals surface area contributed by atoms with Gasteiger partial charge in [0, 0.05) is 5.57 Å². The van der Waals surface area contributed by atoms with E-state index >= 15 is 0 Å². The third kappa shape index (κ3) is 3.40. The molecule has 2 nitrogen and oxygen atoms in total. The number of hydrogen-bond donors (Lipinski definition) is 0. The van der Waals surface area contributed by atoms with Crippen LogP contribution in [-0.2, 0) is 0 Å². The molecule has 2 heterocycles. The minimum absolute atomic E-state index is 0.998. The van der Waals surface area contributed by atoms with Crippen LogP contribution in [0.3, 0.4) is 0 Å². The fourth-order valence-electron chi connectivity index (χ4n) is 3.03. The highest BCUT2D eigenvalue weighted by molar-refractivity contribution is 7.21. The van der Waals surface area contributed by atoms with Gasteiger partial charge in [0.1, 0.15) is 10.0 Å². The van der Waals surface area contributed by atoms with Crippen LogP contribution in [0, 0.1) is 0 Å². The number of para-hydroxylation sites is 2. The molecule has 0 saturated carbocycles. The van der Waals surface area contributed by atoms with Crippen LogP contribution in [0.15, 0.2) is 91.0 Å². The molecule has 0 aliphatic rings. The van der Waals surface area contributed by atoms with Crippen LogP contribution < -0.4 is 0 Å². The number of aromatic nitrogens is 2. The topological polar surface area (TPSA) is 25.8 Å². The number of hydrogen-bond acceptors (Lipinski definition) is 4. The summed E-state index contributed by atoms with van der Waals surface area (Å²) in [6.45, 7) is 0. The van der Waals surface area contributed by atoms with Crippen molar-refractivity contribution in [2.24, 2.45) is 0 Å². The van der Waals surface area contributed by atoms with Crippen LogP contribution in [0.2, 0.25) is 0 Å². The molecule has 4 heteroatoms. The predicted octanol–water partition coefficient (Wildman–Crippen LogP) is 7.05. The molecule has 134 valence electrons. The predicted molar refractivity (Wildman–Crippen MR) is 122 cm³/mol. The standard InChI is InChI=1S/C24H16N2S2/c1-2-9-17(10-3-1)11-8-12-18(23-25-19-13-4-6-15-21(19)27-23)24-26-20-14-5-7-16-22(20)28-24/h1-16H. The van der Waals surface area contributed by atoms with Gasteiger partial charge in [0.2, 0.25) is 0 Å². The molecule has 3 aromatic carbocycles. The first-order chi connectivity index (χ1) is 13.9. The number of fused-ring (bicyclic) bond motifs is 2. The number of thiazole rings is 2. The lowest BCUT2D eigenvalue weighted by molar-refractivity contribution is 1.38. The van der Waals surface area contributed by atoms with Gasteiger partial charge in [-0.3, -0.25) is 0 Å². The maximum atomic E-state index is 4.87. The lowest BCUT2D eigenvalue weighted by Gasteiger charge is -1.98.